The van der Waals surface area contributed by atoms with Gasteiger partial charge in [0.25, 0.3) is 0 Å². The van der Waals surface area contributed by atoms with E-state index in [1.54, 1.807) is 11.3 Å². The van der Waals surface area contributed by atoms with E-state index in [1.807, 2.05) is 0 Å². The summed E-state index contributed by atoms with van der Waals surface area (Å²) < 4.78 is 6.13. The van der Waals surface area contributed by atoms with Gasteiger partial charge in [-0.15, -0.1) is 11.3 Å². The van der Waals surface area contributed by atoms with Gasteiger partial charge in [-0.1, -0.05) is 133 Å². The van der Waals surface area contributed by atoms with Crippen molar-refractivity contribution in [2.45, 2.75) is 12.0 Å². The van der Waals surface area contributed by atoms with Crippen LogP contribution in [0, 0.1) is 0 Å². The summed E-state index contributed by atoms with van der Waals surface area (Å²) >= 11 is 1.75. The van der Waals surface area contributed by atoms with E-state index >= 15 is 0 Å². The van der Waals surface area contributed by atoms with E-state index in [0.29, 0.717) is 11.9 Å². The number of hydrogen-bond acceptors (Lipinski definition) is 3. The van der Waals surface area contributed by atoms with Crippen LogP contribution in [0.4, 0.5) is 0 Å². The summed E-state index contributed by atoms with van der Waals surface area (Å²) in [4.78, 5) is 12.0. The maximum atomic E-state index is 5.57. The van der Waals surface area contributed by atoms with Crippen LogP contribution in [0.3, 0.4) is 0 Å². The van der Waals surface area contributed by atoms with E-state index in [1.165, 1.54) is 64.9 Å². The number of fused-ring (bicyclic) bond motifs is 13. The van der Waals surface area contributed by atoms with Crippen molar-refractivity contribution in [3.63, 3.8) is 0 Å². The molecule has 0 bridgehead atoms. The van der Waals surface area contributed by atoms with Gasteiger partial charge in [0.15, 0.2) is 0 Å². The molecule has 0 fully saturated rings. The van der Waals surface area contributed by atoms with Gasteiger partial charge in [-0.3, -0.25) is 4.57 Å². The maximum absolute atomic E-state index is 5.57. The molecule has 4 aromatic heterocycles. The van der Waals surface area contributed by atoms with Gasteiger partial charge in [0.1, 0.15) is 4.83 Å². The Kier molecular flexibility index (Phi) is 5.46. The van der Waals surface area contributed by atoms with E-state index in [9.17, 15) is 0 Å². The van der Waals surface area contributed by atoms with Crippen LogP contribution in [-0.4, -0.2) is 19.1 Å². The molecule has 5 heterocycles. The van der Waals surface area contributed by atoms with E-state index in [-0.39, 0.29) is 6.04 Å². The summed E-state index contributed by atoms with van der Waals surface area (Å²) in [7, 11) is 0. The molecule has 0 spiro atoms. The first-order valence-corrected chi connectivity index (χ1v) is 18.3. The molecule has 238 valence electrons. The van der Waals surface area contributed by atoms with E-state index in [2.05, 4.69) is 167 Å². The van der Waals surface area contributed by atoms with E-state index < -0.39 is 0 Å². The van der Waals surface area contributed by atoms with Crippen molar-refractivity contribution in [2.24, 2.45) is 0 Å². The third-order valence-electron chi connectivity index (χ3n) is 11.1. The van der Waals surface area contributed by atoms with Gasteiger partial charge in [-0.25, -0.2) is 9.97 Å². The Labute approximate surface area is 296 Å². The molecule has 2 atom stereocenters. The molecule has 0 N–H and O–H groups in total. The molecule has 2 unspecified atom stereocenters. The zero-order valence-electron chi connectivity index (χ0n) is 27.4. The van der Waals surface area contributed by atoms with Gasteiger partial charge in [-0.05, 0) is 41.0 Å². The maximum Gasteiger partial charge on any atom is 0.236 e. The summed E-state index contributed by atoms with van der Waals surface area (Å²) in [5, 5.41) is 7.31. The highest BCUT2D eigenvalue weighted by atomic mass is 32.1. The molecule has 51 heavy (non-hydrogen) atoms. The Morgan fingerprint density at radius 1 is 0.529 bits per heavy atom. The lowest BCUT2D eigenvalue weighted by Gasteiger charge is -2.20. The molecular weight excluding hydrogens is 641 g/mol. The standard InChI is InChI=1S/C46H28N4S/c1-2-12-27(13-3-1)28-22-24-29(25-23-28)42-40-33-17-7-11-21-39(33)51-45(40)48-46(47-42)50-37-19-9-5-15-31(37)35-26-34-30-14-4-8-18-36(30)49-38-20-10-6-16-32(38)41(43(34)49)44(35)50/h1-26,30,36H. The quantitative estimate of drug-likeness (QED) is 0.188. The van der Waals surface area contributed by atoms with Crippen molar-refractivity contribution in [1.29, 1.82) is 0 Å². The molecule has 1 aliphatic heterocycles. The second-order valence-corrected chi connectivity index (χ2v) is 14.7. The van der Waals surface area contributed by atoms with Crippen molar-refractivity contribution < 1.29 is 0 Å². The average Bonchev–Trinajstić information content (AvgIpc) is 3.93. The van der Waals surface area contributed by atoms with Crippen molar-refractivity contribution in [3.05, 3.63) is 163 Å². The summed E-state index contributed by atoms with van der Waals surface area (Å²) in [6.45, 7) is 0. The monoisotopic (exact) mass is 668 g/mol. The normalized spacial score (nSPS) is 16.5. The third kappa shape index (κ3) is 3.68. The van der Waals surface area contributed by atoms with Gasteiger partial charge < -0.3 is 4.57 Å². The second-order valence-electron chi connectivity index (χ2n) is 13.7. The fourth-order valence-corrected chi connectivity index (χ4v) is 10.0. The second kappa shape index (κ2) is 10.1. The zero-order chi connectivity index (χ0) is 33.2. The van der Waals surface area contributed by atoms with Crippen molar-refractivity contribution in [1.82, 2.24) is 19.1 Å². The topological polar surface area (TPSA) is 35.6 Å². The number of hydrogen-bond donors (Lipinski definition) is 0. The Hall–Kier alpha value is -6.30. The molecule has 12 rings (SSSR count). The molecule has 10 aromatic rings. The third-order valence-corrected chi connectivity index (χ3v) is 12.2. The summed E-state index contributed by atoms with van der Waals surface area (Å²) in [5.41, 5.74) is 10.7. The highest BCUT2D eigenvalue weighted by Crippen LogP contribution is 2.53. The Morgan fingerprint density at radius 2 is 1.22 bits per heavy atom. The number of thiophene rings is 1. The number of benzene rings is 6. The molecular formula is C46H28N4S. The minimum absolute atomic E-state index is 0.259. The summed E-state index contributed by atoms with van der Waals surface area (Å²) in [6, 6.07) is 48.5. The fourth-order valence-electron chi connectivity index (χ4n) is 8.94. The van der Waals surface area contributed by atoms with Gasteiger partial charge in [0.2, 0.25) is 5.95 Å². The lowest BCUT2D eigenvalue weighted by Crippen LogP contribution is -2.08. The van der Waals surface area contributed by atoms with Crippen molar-refractivity contribution in [3.8, 4) is 28.3 Å². The number of aromatic nitrogens is 4. The first-order chi connectivity index (χ1) is 25.3. The van der Waals surface area contributed by atoms with Crippen LogP contribution in [0.2, 0.25) is 0 Å². The first-order valence-electron chi connectivity index (χ1n) is 17.5. The van der Waals surface area contributed by atoms with Crippen LogP contribution >= 0.6 is 11.3 Å². The van der Waals surface area contributed by atoms with Gasteiger partial charge in [0.05, 0.1) is 28.3 Å². The van der Waals surface area contributed by atoms with Crippen molar-refractivity contribution >= 4 is 75.3 Å². The van der Waals surface area contributed by atoms with Crippen LogP contribution in [0.1, 0.15) is 17.5 Å². The molecule has 1 aliphatic carbocycles. The summed E-state index contributed by atoms with van der Waals surface area (Å²) in [6.07, 6.45) is 9.14. The van der Waals surface area contributed by atoms with Crippen LogP contribution in [0.15, 0.2) is 158 Å². The molecule has 0 amide bonds. The largest absolute Gasteiger partial charge is 0.332 e. The van der Waals surface area contributed by atoms with Gasteiger partial charge in [0, 0.05) is 54.0 Å². The molecule has 2 aliphatic rings. The molecule has 5 heteroatoms. The molecule has 0 saturated carbocycles. The predicted molar refractivity (Wildman–Crippen MR) is 213 cm³/mol. The number of allylic oxidation sites excluding steroid dienone is 4. The Morgan fingerprint density at radius 3 is 2.08 bits per heavy atom. The number of nitrogens with zero attached hydrogens (tertiary/aromatic N) is 4. The Balaban J connectivity index is 1.21. The molecule has 6 aromatic carbocycles. The molecule has 0 saturated heterocycles. The van der Waals surface area contributed by atoms with Crippen LogP contribution < -0.4 is 0 Å². The minimum atomic E-state index is 0.259. The molecule has 0 radical (unpaired) electrons. The van der Waals surface area contributed by atoms with Gasteiger partial charge in [-0.2, -0.15) is 0 Å². The highest BCUT2D eigenvalue weighted by molar-refractivity contribution is 7.25. The van der Waals surface area contributed by atoms with Crippen molar-refractivity contribution in [2.75, 3.05) is 0 Å². The Bertz CT molecular complexity index is 3140. The summed E-state index contributed by atoms with van der Waals surface area (Å²) in [5.74, 6) is 1.00. The van der Waals surface area contributed by atoms with Gasteiger partial charge >= 0.3 is 0 Å². The van der Waals surface area contributed by atoms with Crippen LogP contribution in [-0.2, 0) is 0 Å². The van der Waals surface area contributed by atoms with E-state index in [0.717, 1.165) is 27.0 Å². The fraction of sp³-hybridized carbons (Fsp3) is 0.0435. The number of rotatable bonds is 3. The number of para-hydroxylation sites is 2. The minimum Gasteiger partial charge on any atom is -0.332 e. The SMILES string of the molecule is C1=CC2c3cc4c5ccccc5n(-c5nc(-c6ccc(-c7ccccc7)cc6)c6c(n5)sc5ccccc56)c4c4c5ccccc5n(c34)C2C=C1. The average molecular weight is 669 g/mol. The molecule has 4 nitrogen and oxygen atoms in total. The zero-order valence-corrected chi connectivity index (χ0v) is 28.2. The van der Waals surface area contributed by atoms with Crippen LogP contribution in [0.25, 0.3) is 92.2 Å². The lowest BCUT2D eigenvalue weighted by molar-refractivity contribution is 0.615. The van der Waals surface area contributed by atoms with Crippen LogP contribution in [0.5, 0.6) is 0 Å². The smallest absolute Gasteiger partial charge is 0.236 e. The lowest BCUT2D eigenvalue weighted by atomic mass is 9.89. The predicted octanol–water partition coefficient (Wildman–Crippen LogP) is 12.1. The highest BCUT2D eigenvalue weighted by Gasteiger charge is 2.36. The van der Waals surface area contributed by atoms with E-state index in [4.69, 9.17) is 9.97 Å². The first kappa shape index (κ1) is 27.5.